The van der Waals surface area contributed by atoms with Crippen molar-refractivity contribution in [3.8, 4) is 5.95 Å². The smallest absolute Gasteiger partial charge is 0.338 e. The van der Waals surface area contributed by atoms with Crippen LogP contribution in [0.5, 0.6) is 0 Å². The minimum Gasteiger partial charge on any atom is -0.478 e. The number of benzene rings is 2. The molecule has 4 rings (SSSR count). The second kappa shape index (κ2) is 6.90. The molecule has 0 unspecified atom stereocenters. The Morgan fingerprint density at radius 1 is 1.15 bits per heavy atom. The molecule has 0 bridgehead atoms. The normalized spacial score (nSPS) is 11.0. The first kappa shape index (κ1) is 17.3. The van der Waals surface area contributed by atoms with Gasteiger partial charge in [-0.3, -0.25) is 9.78 Å². The molecule has 0 saturated carbocycles. The number of H-pyrrole nitrogens is 1. The highest BCUT2D eigenvalue weighted by molar-refractivity contribution is 7.99. The molecular formula is C18H11ClN4O3S. The third-order valence-corrected chi connectivity index (χ3v) is 5.01. The molecule has 2 aromatic heterocycles. The van der Waals surface area contributed by atoms with Gasteiger partial charge in [-0.05, 0) is 42.5 Å². The Hall–Kier alpha value is -3.10. The zero-order valence-corrected chi connectivity index (χ0v) is 15.2. The lowest BCUT2D eigenvalue weighted by atomic mass is 10.2. The quantitative estimate of drug-likeness (QED) is 0.544. The molecule has 2 heterocycles. The zero-order chi connectivity index (χ0) is 19.0. The van der Waals surface area contributed by atoms with Gasteiger partial charge < -0.3 is 5.11 Å². The van der Waals surface area contributed by atoms with Gasteiger partial charge in [-0.1, -0.05) is 23.4 Å². The van der Waals surface area contributed by atoms with Crippen molar-refractivity contribution < 1.29 is 9.90 Å². The SMILES string of the molecule is O=C(O)c1cnn(-c2nc3cc(Sc4ccc(Cl)cc4)ccc3c(=O)[nH]2)c1. The molecule has 0 fully saturated rings. The number of fused-ring (bicyclic) bond motifs is 1. The number of aromatic nitrogens is 4. The Morgan fingerprint density at radius 3 is 2.59 bits per heavy atom. The van der Waals surface area contributed by atoms with E-state index in [0.29, 0.717) is 15.9 Å². The summed E-state index contributed by atoms with van der Waals surface area (Å²) in [5.41, 5.74) is 0.162. The van der Waals surface area contributed by atoms with Crippen LogP contribution >= 0.6 is 23.4 Å². The van der Waals surface area contributed by atoms with Crippen LogP contribution in [0.3, 0.4) is 0 Å². The number of carboxylic acid groups (broad SMARTS) is 1. The van der Waals surface area contributed by atoms with Crippen molar-refractivity contribution in [1.29, 1.82) is 0 Å². The molecule has 27 heavy (non-hydrogen) atoms. The van der Waals surface area contributed by atoms with Crippen LogP contribution in [0.2, 0.25) is 5.02 Å². The highest BCUT2D eigenvalue weighted by Crippen LogP contribution is 2.30. The molecule has 9 heteroatoms. The van der Waals surface area contributed by atoms with Crippen molar-refractivity contribution in [3.05, 3.63) is 75.8 Å². The third kappa shape index (κ3) is 3.57. The Labute approximate surface area is 161 Å². The van der Waals surface area contributed by atoms with Crippen molar-refractivity contribution in [2.45, 2.75) is 9.79 Å². The molecule has 0 atom stereocenters. The summed E-state index contributed by atoms with van der Waals surface area (Å²) >= 11 is 7.42. The summed E-state index contributed by atoms with van der Waals surface area (Å²) in [4.78, 5) is 32.3. The van der Waals surface area contributed by atoms with E-state index in [1.807, 2.05) is 30.3 Å². The summed E-state index contributed by atoms with van der Waals surface area (Å²) in [5.74, 6) is -0.959. The number of carboxylic acids is 1. The van der Waals surface area contributed by atoms with Gasteiger partial charge in [0.15, 0.2) is 0 Å². The van der Waals surface area contributed by atoms with Crippen molar-refractivity contribution in [2.75, 3.05) is 0 Å². The first-order valence-corrected chi connectivity index (χ1v) is 8.95. The van der Waals surface area contributed by atoms with Gasteiger partial charge >= 0.3 is 5.97 Å². The highest BCUT2D eigenvalue weighted by Gasteiger charge is 2.11. The van der Waals surface area contributed by atoms with Crippen molar-refractivity contribution in [3.63, 3.8) is 0 Å². The summed E-state index contributed by atoms with van der Waals surface area (Å²) in [6, 6.07) is 12.8. The number of nitrogens with one attached hydrogen (secondary N) is 1. The number of rotatable bonds is 4. The zero-order valence-electron chi connectivity index (χ0n) is 13.6. The second-order valence-electron chi connectivity index (χ2n) is 5.60. The van der Waals surface area contributed by atoms with Gasteiger partial charge in [0.2, 0.25) is 5.95 Å². The summed E-state index contributed by atoms with van der Waals surface area (Å²) in [5, 5.41) is 14.0. The maximum Gasteiger partial charge on any atom is 0.338 e. The predicted octanol–water partition coefficient (Wildman–Crippen LogP) is 3.61. The summed E-state index contributed by atoms with van der Waals surface area (Å²) in [7, 11) is 0. The number of aromatic amines is 1. The minimum atomic E-state index is -1.11. The number of hydrogen-bond donors (Lipinski definition) is 2. The molecule has 0 amide bonds. The van der Waals surface area contributed by atoms with Crippen LogP contribution in [0.25, 0.3) is 16.9 Å². The minimum absolute atomic E-state index is 0.00444. The van der Waals surface area contributed by atoms with Crippen LogP contribution in [0.15, 0.2) is 69.4 Å². The third-order valence-electron chi connectivity index (χ3n) is 3.76. The molecule has 0 aliphatic rings. The standard InChI is InChI=1S/C18H11ClN4O3S/c19-11-1-3-12(4-2-11)27-13-5-6-14-15(7-13)21-18(22-16(14)24)23-9-10(8-20-23)17(25)26/h1-9H,(H,25,26)(H,21,22,24). The molecule has 0 radical (unpaired) electrons. The molecule has 7 nitrogen and oxygen atoms in total. The van der Waals surface area contributed by atoms with Crippen molar-refractivity contribution in [2.24, 2.45) is 0 Å². The summed E-state index contributed by atoms with van der Waals surface area (Å²) in [6.07, 6.45) is 2.48. The van der Waals surface area contributed by atoms with Crippen LogP contribution in [0, 0.1) is 0 Å². The van der Waals surface area contributed by atoms with Crippen molar-refractivity contribution in [1.82, 2.24) is 19.7 Å². The molecule has 2 N–H and O–H groups in total. The fourth-order valence-electron chi connectivity index (χ4n) is 2.47. The molecule has 0 saturated heterocycles. The van der Waals surface area contributed by atoms with Gasteiger partial charge in [0.1, 0.15) is 0 Å². The molecule has 2 aromatic carbocycles. The number of hydrogen-bond acceptors (Lipinski definition) is 5. The fraction of sp³-hybridized carbons (Fsp3) is 0. The van der Waals surface area contributed by atoms with Crippen LogP contribution in [-0.4, -0.2) is 30.8 Å². The fourth-order valence-corrected chi connectivity index (χ4v) is 3.44. The van der Waals surface area contributed by atoms with E-state index < -0.39 is 5.97 Å². The van der Waals surface area contributed by atoms with E-state index in [-0.39, 0.29) is 17.1 Å². The lowest BCUT2D eigenvalue weighted by Gasteiger charge is -2.05. The summed E-state index contributed by atoms with van der Waals surface area (Å²) < 4.78 is 1.23. The molecule has 0 spiro atoms. The topological polar surface area (TPSA) is 101 Å². The van der Waals surface area contributed by atoms with E-state index in [1.54, 1.807) is 12.1 Å². The van der Waals surface area contributed by atoms with E-state index in [2.05, 4.69) is 15.1 Å². The number of aromatic carboxylic acids is 1. The van der Waals surface area contributed by atoms with Gasteiger partial charge in [0, 0.05) is 21.0 Å². The van der Waals surface area contributed by atoms with E-state index in [1.165, 1.54) is 28.8 Å². The highest BCUT2D eigenvalue weighted by atomic mass is 35.5. The Bertz CT molecular complexity index is 1220. The van der Waals surface area contributed by atoms with E-state index >= 15 is 0 Å². The number of carbonyl (C=O) groups is 1. The molecular weight excluding hydrogens is 388 g/mol. The first-order chi connectivity index (χ1) is 13.0. The average molecular weight is 399 g/mol. The van der Waals surface area contributed by atoms with E-state index in [9.17, 15) is 9.59 Å². The monoisotopic (exact) mass is 398 g/mol. The van der Waals surface area contributed by atoms with E-state index in [4.69, 9.17) is 16.7 Å². The Kier molecular flexibility index (Phi) is 4.43. The molecule has 0 aliphatic heterocycles. The maximum atomic E-state index is 12.3. The van der Waals surface area contributed by atoms with Gasteiger partial charge in [-0.25, -0.2) is 14.5 Å². The molecule has 4 aromatic rings. The second-order valence-corrected chi connectivity index (χ2v) is 7.19. The largest absolute Gasteiger partial charge is 0.478 e. The average Bonchev–Trinajstić information content (AvgIpc) is 3.14. The van der Waals surface area contributed by atoms with Crippen LogP contribution < -0.4 is 5.56 Å². The number of nitrogens with zero attached hydrogens (tertiary/aromatic N) is 3. The maximum absolute atomic E-state index is 12.3. The van der Waals surface area contributed by atoms with Crippen LogP contribution in [-0.2, 0) is 0 Å². The predicted molar refractivity (Wildman–Crippen MR) is 102 cm³/mol. The van der Waals surface area contributed by atoms with Gasteiger partial charge in [0.05, 0.1) is 22.7 Å². The lowest BCUT2D eigenvalue weighted by Crippen LogP contribution is -2.13. The van der Waals surface area contributed by atoms with Crippen molar-refractivity contribution >= 4 is 40.2 Å². The van der Waals surface area contributed by atoms with Gasteiger partial charge in [-0.15, -0.1) is 0 Å². The van der Waals surface area contributed by atoms with Gasteiger partial charge in [0.25, 0.3) is 5.56 Å². The number of halogens is 1. The molecule has 0 aliphatic carbocycles. The Balaban J connectivity index is 1.74. The van der Waals surface area contributed by atoms with Gasteiger partial charge in [-0.2, -0.15) is 5.10 Å². The van der Waals surface area contributed by atoms with Crippen LogP contribution in [0.4, 0.5) is 0 Å². The first-order valence-electron chi connectivity index (χ1n) is 7.75. The lowest BCUT2D eigenvalue weighted by molar-refractivity contribution is 0.0697. The summed E-state index contributed by atoms with van der Waals surface area (Å²) in [6.45, 7) is 0. The van der Waals surface area contributed by atoms with E-state index in [0.717, 1.165) is 9.79 Å². The Morgan fingerprint density at radius 2 is 1.89 bits per heavy atom. The molecule has 134 valence electrons. The van der Waals surface area contributed by atoms with Crippen LogP contribution in [0.1, 0.15) is 10.4 Å².